The first-order valence-corrected chi connectivity index (χ1v) is 6.17. The van der Waals surface area contributed by atoms with Gasteiger partial charge in [0.05, 0.1) is 29.0 Å². The molecule has 1 heterocycles. The summed E-state index contributed by atoms with van der Waals surface area (Å²) in [6.07, 6.45) is 0. The molecule has 0 aliphatic carbocycles. The third-order valence-corrected chi connectivity index (χ3v) is 3.27. The molecule has 3 N–H and O–H groups in total. The number of non-ortho nitro benzene ring substituents is 1. The van der Waals surface area contributed by atoms with Gasteiger partial charge in [0, 0.05) is 17.3 Å². The molecule has 106 valence electrons. The summed E-state index contributed by atoms with van der Waals surface area (Å²) in [6.45, 7) is 0. The zero-order valence-corrected chi connectivity index (χ0v) is 11.2. The van der Waals surface area contributed by atoms with Crippen LogP contribution in [-0.2, 0) is 0 Å². The van der Waals surface area contributed by atoms with E-state index < -0.39 is 4.92 Å². The van der Waals surface area contributed by atoms with Gasteiger partial charge >= 0.3 is 0 Å². The Bertz CT molecular complexity index is 841. The minimum atomic E-state index is -0.469. The van der Waals surface area contributed by atoms with Gasteiger partial charge in [-0.15, -0.1) is 0 Å². The average Bonchev–Trinajstić information content (AvgIpc) is 2.91. The third kappa shape index (κ3) is 2.04. The van der Waals surface area contributed by atoms with Crippen LogP contribution in [0, 0.1) is 10.1 Å². The molecule has 1 aromatic heterocycles. The predicted molar refractivity (Wildman–Crippen MR) is 79.1 cm³/mol. The van der Waals surface area contributed by atoms with Gasteiger partial charge in [0.15, 0.2) is 0 Å². The molecule has 0 atom stereocenters. The molecule has 2 aromatic carbocycles. The van der Waals surface area contributed by atoms with Crippen molar-refractivity contribution in [1.82, 2.24) is 10.2 Å². The summed E-state index contributed by atoms with van der Waals surface area (Å²) in [7, 11) is 1.46. The lowest BCUT2D eigenvalue weighted by Gasteiger charge is -2.07. The number of benzene rings is 2. The van der Waals surface area contributed by atoms with E-state index in [-0.39, 0.29) is 5.69 Å². The van der Waals surface area contributed by atoms with Crippen LogP contribution in [0.5, 0.6) is 5.75 Å². The average molecular weight is 284 g/mol. The van der Waals surface area contributed by atoms with Crippen LogP contribution in [-0.4, -0.2) is 22.2 Å². The number of hydrogen-bond donors (Lipinski definition) is 2. The van der Waals surface area contributed by atoms with Crippen LogP contribution in [0.3, 0.4) is 0 Å². The molecule has 0 aliphatic heterocycles. The highest BCUT2D eigenvalue weighted by molar-refractivity contribution is 6.02. The van der Waals surface area contributed by atoms with Gasteiger partial charge in [-0.25, -0.2) is 0 Å². The summed E-state index contributed by atoms with van der Waals surface area (Å²) in [6, 6.07) is 9.86. The largest absolute Gasteiger partial charge is 0.496 e. The van der Waals surface area contributed by atoms with Gasteiger partial charge in [-0.1, -0.05) is 6.07 Å². The SMILES string of the molecule is COc1cc([N+](=O)[O-])ccc1-c1n[nH]c2cccc(N)c12. The van der Waals surface area contributed by atoms with Crippen LogP contribution in [0.1, 0.15) is 0 Å². The topological polar surface area (TPSA) is 107 Å². The van der Waals surface area contributed by atoms with Crippen molar-refractivity contribution in [3.05, 3.63) is 46.5 Å². The maximum absolute atomic E-state index is 10.8. The Balaban J connectivity index is 2.25. The summed E-state index contributed by atoms with van der Waals surface area (Å²) >= 11 is 0. The maximum Gasteiger partial charge on any atom is 0.273 e. The van der Waals surface area contributed by atoms with Crippen LogP contribution >= 0.6 is 0 Å². The lowest BCUT2D eigenvalue weighted by Crippen LogP contribution is -1.93. The van der Waals surface area contributed by atoms with Gasteiger partial charge in [0.25, 0.3) is 5.69 Å². The molecule has 21 heavy (non-hydrogen) atoms. The van der Waals surface area contributed by atoms with Crippen molar-refractivity contribution >= 4 is 22.3 Å². The lowest BCUT2D eigenvalue weighted by molar-refractivity contribution is -0.384. The Kier molecular flexibility index (Phi) is 2.94. The van der Waals surface area contributed by atoms with Crippen molar-refractivity contribution in [3.63, 3.8) is 0 Å². The Hall–Kier alpha value is -3.09. The number of anilines is 1. The number of nitro benzene ring substituents is 1. The molecular weight excluding hydrogens is 272 g/mol. The van der Waals surface area contributed by atoms with Crippen LogP contribution in [0.15, 0.2) is 36.4 Å². The standard InChI is InChI=1S/C14H12N4O3/c1-21-12-7-8(18(19)20)5-6-9(12)14-13-10(15)3-2-4-11(13)16-17-14/h2-7H,15H2,1H3,(H,16,17). The monoisotopic (exact) mass is 284 g/mol. The fraction of sp³-hybridized carbons (Fsp3) is 0.0714. The second-order valence-electron chi connectivity index (χ2n) is 4.48. The highest BCUT2D eigenvalue weighted by atomic mass is 16.6. The van der Waals surface area contributed by atoms with E-state index in [9.17, 15) is 10.1 Å². The van der Waals surface area contributed by atoms with Gasteiger partial charge in [-0.3, -0.25) is 15.2 Å². The quantitative estimate of drug-likeness (QED) is 0.437. The number of nitrogens with two attached hydrogens (primary N) is 1. The molecular formula is C14H12N4O3. The summed E-state index contributed by atoms with van der Waals surface area (Å²) in [5, 5.41) is 18.8. The number of ether oxygens (including phenoxy) is 1. The third-order valence-electron chi connectivity index (χ3n) is 3.27. The van der Waals surface area contributed by atoms with Crippen molar-refractivity contribution < 1.29 is 9.66 Å². The van der Waals surface area contributed by atoms with Crippen molar-refractivity contribution in [1.29, 1.82) is 0 Å². The molecule has 0 radical (unpaired) electrons. The number of rotatable bonds is 3. The van der Waals surface area contributed by atoms with E-state index in [0.717, 1.165) is 10.9 Å². The number of nitro groups is 1. The number of aromatic nitrogens is 2. The van der Waals surface area contributed by atoms with Crippen LogP contribution in [0.4, 0.5) is 11.4 Å². The number of nitrogen functional groups attached to an aromatic ring is 1. The van der Waals surface area contributed by atoms with Gasteiger partial charge < -0.3 is 10.5 Å². The van der Waals surface area contributed by atoms with E-state index in [0.29, 0.717) is 22.7 Å². The van der Waals surface area contributed by atoms with Gasteiger partial charge in [0.1, 0.15) is 11.4 Å². The van der Waals surface area contributed by atoms with Crippen molar-refractivity contribution in [3.8, 4) is 17.0 Å². The Morgan fingerprint density at radius 1 is 1.33 bits per heavy atom. The molecule has 0 spiro atoms. The molecule has 3 aromatic rings. The molecule has 0 bridgehead atoms. The Morgan fingerprint density at radius 2 is 2.14 bits per heavy atom. The number of methoxy groups -OCH3 is 1. The van der Waals surface area contributed by atoms with Crippen LogP contribution in [0.2, 0.25) is 0 Å². The van der Waals surface area contributed by atoms with Gasteiger partial charge in [-0.2, -0.15) is 5.10 Å². The molecule has 7 nitrogen and oxygen atoms in total. The Labute approximate surface area is 119 Å². The van der Waals surface area contributed by atoms with E-state index in [1.165, 1.54) is 19.2 Å². The highest BCUT2D eigenvalue weighted by Crippen LogP contribution is 2.37. The molecule has 0 amide bonds. The van der Waals surface area contributed by atoms with Crippen LogP contribution in [0.25, 0.3) is 22.2 Å². The molecule has 7 heteroatoms. The van der Waals surface area contributed by atoms with E-state index in [1.807, 2.05) is 12.1 Å². The summed E-state index contributed by atoms with van der Waals surface area (Å²) in [4.78, 5) is 10.4. The normalized spacial score (nSPS) is 10.7. The molecule has 0 unspecified atom stereocenters. The summed E-state index contributed by atoms with van der Waals surface area (Å²) in [5.74, 6) is 0.376. The first-order valence-electron chi connectivity index (χ1n) is 6.17. The Morgan fingerprint density at radius 3 is 2.86 bits per heavy atom. The number of H-pyrrole nitrogens is 1. The minimum absolute atomic E-state index is 0.0385. The van der Waals surface area contributed by atoms with E-state index in [2.05, 4.69) is 10.2 Å². The molecule has 0 saturated heterocycles. The van der Waals surface area contributed by atoms with E-state index >= 15 is 0 Å². The minimum Gasteiger partial charge on any atom is -0.496 e. The highest BCUT2D eigenvalue weighted by Gasteiger charge is 2.17. The van der Waals surface area contributed by atoms with E-state index in [4.69, 9.17) is 10.5 Å². The smallest absolute Gasteiger partial charge is 0.273 e. The molecule has 0 aliphatic rings. The molecule has 0 saturated carbocycles. The van der Waals surface area contributed by atoms with Crippen molar-refractivity contribution in [2.45, 2.75) is 0 Å². The van der Waals surface area contributed by atoms with Gasteiger partial charge in [-0.05, 0) is 18.2 Å². The first-order chi connectivity index (χ1) is 10.1. The number of nitrogens with one attached hydrogen (secondary N) is 1. The maximum atomic E-state index is 10.8. The second-order valence-corrected chi connectivity index (χ2v) is 4.48. The molecule has 0 fully saturated rings. The number of aromatic amines is 1. The van der Waals surface area contributed by atoms with Gasteiger partial charge in [0.2, 0.25) is 0 Å². The molecule has 3 rings (SSSR count). The van der Waals surface area contributed by atoms with Crippen molar-refractivity contribution in [2.75, 3.05) is 12.8 Å². The zero-order chi connectivity index (χ0) is 15.0. The second kappa shape index (κ2) is 4.78. The van der Waals surface area contributed by atoms with Crippen molar-refractivity contribution in [2.24, 2.45) is 0 Å². The summed E-state index contributed by atoms with van der Waals surface area (Å²) in [5.41, 5.74) is 8.59. The fourth-order valence-corrected chi connectivity index (χ4v) is 2.28. The number of fused-ring (bicyclic) bond motifs is 1. The summed E-state index contributed by atoms with van der Waals surface area (Å²) < 4.78 is 5.25. The fourth-order valence-electron chi connectivity index (χ4n) is 2.28. The lowest BCUT2D eigenvalue weighted by atomic mass is 10.0. The predicted octanol–water partition coefficient (Wildman–Crippen LogP) is 2.73. The zero-order valence-electron chi connectivity index (χ0n) is 11.2. The first kappa shape index (κ1) is 12.9. The van der Waals surface area contributed by atoms with E-state index in [1.54, 1.807) is 12.1 Å². The number of nitrogens with zero attached hydrogens (tertiary/aromatic N) is 2. The number of hydrogen-bond acceptors (Lipinski definition) is 5. The van der Waals surface area contributed by atoms with Crippen LogP contribution < -0.4 is 10.5 Å².